The molecule has 0 saturated heterocycles. The first kappa shape index (κ1) is 16.5. The molecule has 2 aromatic carbocycles. The van der Waals surface area contributed by atoms with E-state index in [9.17, 15) is 14.4 Å². The number of fused-ring (bicyclic) bond motifs is 1. The van der Waals surface area contributed by atoms with Crippen LogP contribution in [0.25, 0.3) is 0 Å². The predicted octanol–water partition coefficient (Wildman–Crippen LogP) is 2.08. The Labute approximate surface area is 144 Å². The highest BCUT2D eigenvalue weighted by Crippen LogP contribution is 2.32. The van der Waals surface area contributed by atoms with Crippen molar-refractivity contribution >= 4 is 29.2 Å². The van der Waals surface area contributed by atoms with Gasteiger partial charge in [-0.2, -0.15) is 0 Å². The summed E-state index contributed by atoms with van der Waals surface area (Å²) >= 11 is 0. The van der Waals surface area contributed by atoms with Crippen LogP contribution in [-0.4, -0.2) is 38.5 Å². The summed E-state index contributed by atoms with van der Waals surface area (Å²) in [6, 6.07) is 11.4. The number of carbonyl (C=O) groups excluding carboxylic acids is 3. The number of hydrogen-bond donors (Lipinski definition) is 1. The summed E-state index contributed by atoms with van der Waals surface area (Å²) in [5.41, 5.74) is 1.46. The van der Waals surface area contributed by atoms with E-state index >= 15 is 0 Å². The van der Waals surface area contributed by atoms with E-state index in [1.807, 2.05) is 0 Å². The van der Waals surface area contributed by atoms with Crippen molar-refractivity contribution in [3.63, 3.8) is 0 Å². The van der Waals surface area contributed by atoms with Crippen molar-refractivity contribution in [1.29, 1.82) is 0 Å². The molecule has 0 aliphatic carbocycles. The smallest absolute Gasteiger partial charge is 0.339 e. The minimum Gasteiger partial charge on any atom is -0.482 e. The van der Waals surface area contributed by atoms with Crippen LogP contribution in [0.5, 0.6) is 5.75 Å². The molecule has 2 amide bonds. The number of likely N-dealkylation sites (N-methyl/N-ethyl adjacent to an activating group) is 1. The van der Waals surface area contributed by atoms with Gasteiger partial charge in [0.05, 0.1) is 24.0 Å². The van der Waals surface area contributed by atoms with Crippen LogP contribution in [-0.2, 0) is 9.53 Å². The van der Waals surface area contributed by atoms with Crippen molar-refractivity contribution in [1.82, 2.24) is 0 Å². The molecule has 2 aromatic rings. The number of nitrogens with one attached hydrogen (secondary N) is 1. The molecule has 1 N–H and O–H groups in total. The van der Waals surface area contributed by atoms with Crippen molar-refractivity contribution in [3.05, 3.63) is 53.6 Å². The zero-order chi connectivity index (χ0) is 18.0. The van der Waals surface area contributed by atoms with E-state index < -0.39 is 11.9 Å². The van der Waals surface area contributed by atoms with Crippen LogP contribution in [0.3, 0.4) is 0 Å². The van der Waals surface area contributed by atoms with Gasteiger partial charge in [0.25, 0.3) is 11.8 Å². The van der Waals surface area contributed by atoms with Gasteiger partial charge >= 0.3 is 5.97 Å². The molecule has 0 atom stereocenters. The van der Waals surface area contributed by atoms with Crippen LogP contribution >= 0.6 is 0 Å². The maximum Gasteiger partial charge on any atom is 0.339 e. The summed E-state index contributed by atoms with van der Waals surface area (Å²) in [5, 5.41) is 2.69. The molecular formula is C18H16N2O5. The summed E-state index contributed by atoms with van der Waals surface area (Å²) < 4.78 is 10.1. The molecule has 1 aliphatic heterocycles. The molecular weight excluding hydrogens is 324 g/mol. The standard InChI is InChI=1S/C18H16N2O5/c1-20-14-9-11(7-8-15(14)25-10-16(20)21)17(22)19-13-6-4-3-5-12(13)18(23)24-2/h3-9H,10H2,1-2H3,(H,19,22). The van der Waals surface area contributed by atoms with Crippen LogP contribution in [0.1, 0.15) is 20.7 Å². The minimum absolute atomic E-state index is 0.0262. The van der Waals surface area contributed by atoms with Crippen molar-refractivity contribution in [3.8, 4) is 5.75 Å². The Balaban J connectivity index is 1.88. The van der Waals surface area contributed by atoms with Crippen molar-refractivity contribution in [2.45, 2.75) is 0 Å². The number of anilines is 2. The lowest BCUT2D eigenvalue weighted by atomic mass is 10.1. The molecule has 7 heteroatoms. The first-order valence-electron chi connectivity index (χ1n) is 7.53. The van der Waals surface area contributed by atoms with Crippen molar-refractivity contribution in [2.75, 3.05) is 31.0 Å². The molecule has 25 heavy (non-hydrogen) atoms. The third-order valence-corrected chi connectivity index (χ3v) is 3.89. The molecule has 0 radical (unpaired) electrons. The molecule has 1 aliphatic rings. The Morgan fingerprint density at radius 1 is 1.20 bits per heavy atom. The van der Waals surface area contributed by atoms with Gasteiger partial charge in [0, 0.05) is 12.6 Å². The number of rotatable bonds is 3. The van der Waals surface area contributed by atoms with E-state index in [4.69, 9.17) is 9.47 Å². The lowest BCUT2D eigenvalue weighted by molar-refractivity contribution is -0.120. The monoisotopic (exact) mass is 340 g/mol. The van der Waals surface area contributed by atoms with Crippen molar-refractivity contribution < 1.29 is 23.9 Å². The molecule has 128 valence electrons. The topological polar surface area (TPSA) is 84.9 Å². The first-order chi connectivity index (χ1) is 12.0. The van der Waals surface area contributed by atoms with Gasteiger partial charge in [-0.25, -0.2) is 4.79 Å². The third-order valence-electron chi connectivity index (χ3n) is 3.89. The second-order valence-corrected chi connectivity index (χ2v) is 5.42. The maximum absolute atomic E-state index is 12.5. The Bertz CT molecular complexity index is 862. The second kappa shape index (κ2) is 6.64. The fourth-order valence-corrected chi connectivity index (χ4v) is 2.49. The summed E-state index contributed by atoms with van der Waals surface area (Å²) in [7, 11) is 2.90. The Kier molecular flexibility index (Phi) is 4.38. The van der Waals surface area contributed by atoms with E-state index in [1.54, 1.807) is 49.5 Å². The number of para-hydroxylation sites is 1. The molecule has 0 unspecified atom stereocenters. The van der Waals surface area contributed by atoms with Crippen LogP contribution in [0.4, 0.5) is 11.4 Å². The maximum atomic E-state index is 12.5. The Morgan fingerprint density at radius 2 is 1.96 bits per heavy atom. The van der Waals surface area contributed by atoms with E-state index in [1.165, 1.54) is 12.0 Å². The van der Waals surface area contributed by atoms with Gasteiger partial charge in [-0.3, -0.25) is 9.59 Å². The fraction of sp³-hybridized carbons (Fsp3) is 0.167. The van der Waals surface area contributed by atoms with Crippen LogP contribution in [0, 0.1) is 0 Å². The molecule has 7 nitrogen and oxygen atoms in total. The van der Waals surface area contributed by atoms with Crippen LogP contribution < -0.4 is 15.0 Å². The number of amides is 2. The van der Waals surface area contributed by atoms with Gasteiger partial charge in [-0.05, 0) is 30.3 Å². The highest BCUT2D eigenvalue weighted by molar-refractivity contribution is 6.09. The predicted molar refractivity (Wildman–Crippen MR) is 91.1 cm³/mol. The van der Waals surface area contributed by atoms with Crippen LogP contribution in [0.15, 0.2) is 42.5 Å². The van der Waals surface area contributed by atoms with Gasteiger partial charge < -0.3 is 19.7 Å². The molecule has 1 heterocycles. The normalized spacial score (nSPS) is 12.9. The van der Waals surface area contributed by atoms with Gasteiger partial charge in [-0.1, -0.05) is 12.1 Å². The SMILES string of the molecule is COC(=O)c1ccccc1NC(=O)c1ccc2c(c1)N(C)C(=O)CO2. The van der Waals surface area contributed by atoms with E-state index in [0.717, 1.165) is 0 Å². The summed E-state index contributed by atoms with van der Waals surface area (Å²) in [4.78, 5) is 37.5. The van der Waals surface area contributed by atoms with E-state index in [2.05, 4.69) is 5.32 Å². The largest absolute Gasteiger partial charge is 0.482 e. The number of hydrogen-bond acceptors (Lipinski definition) is 5. The lowest BCUT2D eigenvalue weighted by Crippen LogP contribution is -2.35. The zero-order valence-electron chi connectivity index (χ0n) is 13.7. The number of carbonyl (C=O) groups is 3. The summed E-state index contributed by atoms with van der Waals surface area (Å²) in [6.07, 6.45) is 0. The molecule has 0 aromatic heterocycles. The summed E-state index contributed by atoms with van der Waals surface area (Å²) in [6.45, 7) is -0.0262. The number of methoxy groups -OCH3 is 1. The van der Waals surface area contributed by atoms with E-state index in [0.29, 0.717) is 22.7 Å². The van der Waals surface area contributed by atoms with Gasteiger partial charge in [0.15, 0.2) is 6.61 Å². The third kappa shape index (κ3) is 3.16. The molecule has 0 saturated carbocycles. The average Bonchev–Trinajstić information content (AvgIpc) is 2.64. The number of benzene rings is 2. The Hall–Kier alpha value is -3.35. The number of nitrogens with zero attached hydrogens (tertiary/aromatic N) is 1. The molecule has 0 fully saturated rings. The first-order valence-corrected chi connectivity index (χ1v) is 7.53. The second-order valence-electron chi connectivity index (χ2n) is 5.42. The Morgan fingerprint density at radius 3 is 2.72 bits per heavy atom. The number of ether oxygens (including phenoxy) is 2. The van der Waals surface area contributed by atoms with Gasteiger partial charge in [0.2, 0.25) is 0 Å². The highest BCUT2D eigenvalue weighted by atomic mass is 16.5. The average molecular weight is 340 g/mol. The minimum atomic E-state index is -0.542. The van der Waals surface area contributed by atoms with Gasteiger partial charge in [0.1, 0.15) is 5.75 Å². The van der Waals surface area contributed by atoms with Crippen molar-refractivity contribution in [2.24, 2.45) is 0 Å². The van der Waals surface area contributed by atoms with Gasteiger partial charge in [-0.15, -0.1) is 0 Å². The molecule has 3 rings (SSSR count). The quantitative estimate of drug-likeness (QED) is 0.865. The molecule has 0 spiro atoms. The van der Waals surface area contributed by atoms with E-state index in [-0.39, 0.29) is 18.1 Å². The fourth-order valence-electron chi connectivity index (χ4n) is 2.49. The molecule has 0 bridgehead atoms. The zero-order valence-corrected chi connectivity index (χ0v) is 13.7. The number of esters is 1. The van der Waals surface area contributed by atoms with Crippen LogP contribution in [0.2, 0.25) is 0 Å². The summed E-state index contributed by atoms with van der Waals surface area (Å²) in [5.74, 6) is -0.611. The lowest BCUT2D eigenvalue weighted by Gasteiger charge is -2.26. The highest BCUT2D eigenvalue weighted by Gasteiger charge is 2.23.